The van der Waals surface area contributed by atoms with Crippen molar-refractivity contribution in [3.05, 3.63) is 60.2 Å². The van der Waals surface area contributed by atoms with Gasteiger partial charge in [-0.3, -0.25) is 0 Å². The van der Waals surface area contributed by atoms with Crippen LogP contribution in [0.4, 0.5) is 0 Å². The van der Waals surface area contributed by atoms with Crippen LogP contribution in [0.15, 0.2) is 59.5 Å². The second-order valence-electron chi connectivity index (χ2n) is 5.37. The number of carbonyl (C=O) groups is 1. The van der Waals surface area contributed by atoms with E-state index in [1.54, 1.807) is 61.5 Å². The minimum absolute atomic E-state index is 0.231. The van der Waals surface area contributed by atoms with E-state index in [0.29, 0.717) is 12.2 Å². The molecule has 0 amide bonds. The number of aliphatic carboxylic acids is 1. The van der Waals surface area contributed by atoms with E-state index in [2.05, 4.69) is 4.72 Å². The molecule has 0 aromatic heterocycles. The van der Waals surface area contributed by atoms with E-state index in [1.165, 1.54) is 0 Å². The van der Waals surface area contributed by atoms with Crippen molar-refractivity contribution in [2.75, 3.05) is 6.61 Å². The predicted molar refractivity (Wildman–Crippen MR) is 89.5 cm³/mol. The molecular weight excluding hydrogens is 330 g/mol. The third-order valence-corrected chi connectivity index (χ3v) is 4.84. The van der Waals surface area contributed by atoms with Gasteiger partial charge < -0.3 is 9.84 Å². The Kier molecular flexibility index (Phi) is 5.94. The zero-order valence-electron chi connectivity index (χ0n) is 13.2. The van der Waals surface area contributed by atoms with Crippen molar-refractivity contribution in [2.45, 2.75) is 24.3 Å². The monoisotopic (exact) mass is 349 g/mol. The predicted octanol–water partition coefficient (Wildman–Crippen LogP) is 2.06. The highest BCUT2D eigenvalue weighted by Crippen LogP contribution is 2.14. The van der Waals surface area contributed by atoms with E-state index in [4.69, 9.17) is 9.84 Å². The zero-order valence-corrected chi connectivity index (χ0v) is 14.0. The van der Waals surface area contributed by atoms with Gasteiger partial charge >= 0.3 is 5.97 Å². The Balaban J connectivity index is 1.95. The summed E-state index contributed by atoms with van der Waals surface area (Å²) < 4.78 is 32.2. The Morgan fingerprint density at radius 2 is 1.75 bits per heavy atom. The fraction of sp³-hybridized carbons (Fsp3) is 0.235. The minimum atomic E-state index is -3.55. The maximum Gasteiger partial charge on any atom is 0.341 e. The number of nitrogens with one attached hydrogen (secondary N) is 1. The minimum Gasteiger partial charge on any atom is -0.482 e. The standard InChI is InChI=1S/C17H19NO5S/c1-13(18-24(21,22)16-5-3-2-4-6-16)11-14-7-9-15(10-8-14)23-12-17(19)20/h2-10,13,18H,11-12H2,1H3,(H,19,20)/t13-/m1/s1. The summed E-state index contributed by atoms with van der Waals surface area (Å²) in [4.78, 5) is 10.7. The lowest BCUT2D eigenvalue weighted by Crippen LogP contribution is -2.34. The van der Waals surface area contributed by atoms with Gasteiger partial charge in [-0.1, -0.05) is 30.3 Å². The average Bonchev–Trinajstić information content (AvgIpc) is 2.54. The molecule has 6 nitrogen and oxygen atoms in total. The van der Waals surface area contributed by atoms with Crippen LogP contribution in [0.3, 0.4) is 0 Å². The number of sulfonamides is 1. The topological polar surface area (TPSA) is 92.7 Å². The van der Waals surface area contributed by atoms with Crippen molar-refractivity contribution >= 4 is 16.0 Å². The van der Waals surface area contributed by atoms with Gasteiger partial charge in [0.05, 0.1) is 4.90 Å². The van der Waals surface area contributed by atoms with Crippen molar-refractivity contribution in [1.29, 1.82) is 0 Å². The van der Waals surface area contributed by atoms with Crippen LogP contribution in [-0.2, 0) is 21.2 Å². The van der Waals surface area contributed by atoms with Gasteiger partial charge in [-0.15, -0.1) is 0 Å². The molecule has 0 radical (unpaired) electrons. The van der Waals surface area contributed by atoms with Crippen molar-refractivity contribution in [2.24, 2.45) is 0 Å². The van der Waals surface area contributed by atoms with E-state index in [9.17, 15) is 13.2 Å². The van der Waals surface area contributed by atoms with Crippen LogP contribution >= 0.6 is 0 Å². The fourth-order valence-corrected chi connectivity index (χ4v) is 3.46. The number of carboxylic acids is 1. The third kappa shape index (κ3) is 5.36. The highest BCUT2D eigenvalue weighted by atomic mass is 32.2. The fourth-order valence-electron chi connectivity index (χ4n) is 2.19. The lowest BCUT2D eigenvalue weighted by atomic mass is 10.1. The first-order valence-corrected chi connectivity index (χ1v) is 8.86. The summed E-state index contributed by atoms with van der Waals surface area (Å²) in [7, 11) is -3.55. The van der Waals surface area contributed by atoms with Crippen LogP contribution in [0, 0.1) is 0 Å². The van der Waals surface area contributed by atoms with Crippen LogP contribution in [0.5, 0.6) is 5.75 Å². The van der Waals surface area contributed by atoms with Crippen molar-refractivity contribution in [1.82, 2.24) is 4.72 Å². The van der Waals surface area contributed by atoms with Gasteiger partial charge in [0.15, 0.2) is 6.61 Å². The quantitative estimate of drug-likeness (QED) is 0.761. The maximum absolute atomic E-state index is 12.2. The van der Waals surface area contributed by atoms with E-state index in [1.807, 2.05) is 0 Å². The molecule has 0 unspecified atom stereocenters. The molecule has 2 N–H and O–H groups in total. The molecule has 24 heavy (non-hydrogen) atoms. The maximum atomic E-state index is 12.2. The lowest BCUT2D eigenvalue weighted by Gasteiger charge is -2.14. The number of hydrogen-bond donors (Lipinski definition) is 2. The van der Waals surface area contributed by atoms with Gasteiger partial charge in [-0.05, 0) is 43.2 Å². The third-order valence-electron chi connectivity index (χ3n) is 3.24. The molecule has 0 aliphatic rings. The summed E-state index contributed by atoms with van der Waals surface area (Å²) in [5.41, 5.74) is 0.918. The lowest BCUT2D eigenvalue weighted by molar-refractivity contribution is -0.139. The van der Waals surface area contributed by atoms with Gasteiger partial charge in [0, 0.05) is 6.04 Å². The molecule has 0 aliphatic heterocycles. The first-order chi connectivity index (χ1) is 11.4. The van der Waals surface area contributed by atoms with Crippen LogP contribution in [0.25, 0.3) is 0 Å². The second kappa shape index (κ2) is 7.94. The molecule has 0 fully saturated rings. The molecule has 0 spiro atoms. The number of ether oxygens (including phenoxy) is 1. The van der Waals surface area contributed by atoms with E-state index in [0.717, 1.165) is 5.56 Å². The Morgan fingerprint density at radius 1 is 1.12 bits per heavy atom. The molecule has 1 atom stereocenters. The molecule has 2 rings (SSSR count). The number of carboxylic acid groups (broad SMARTS) is 1. The SMILES string of the molecule is C[C@H](Cc1ccc(OCC(=O)O)cc1)NS(=O)(=O)c1ccccc1. The molecule has 2 aromatic rings. The molecule has 0 saturated carbocycles. The molecule has 0 aliphatic carbocycles. The van der Waals surface area contributed by atoms with Gasteiger partial charge in [0.2, 0.25) is 10.0 Å². The number of benzene rings is 2. The van der Waals surface area contributed by atoms with Gasteiger partial charge in [-0.2, -0.15) is 0 Å². The molecule has 0 bridgehead atoms. The first kappa shape index (κ1) is 18.0. The van der Waals surface area contributed by atoms with Gasteiger partial charge in [-0.25, -0.2) is 17.9 Å². The Morgan fingerprint density at radius 3 is 2.33 bits per heavy atom. The van der Waals surface area contributed by atoms with Crippen LogP contribution < -0.4 is 9.46 Å². The summed E-state index contributed by atoms with van der Waals surface area (Å²) in [6.45, 7) is 1.39. The highest BCUT2D eigenvalue weighted by Gasteiger charge is 2.17. The summed E-state index contributed by atoms with van der Waals surface area (Å²) in [5, 5.41) is 8.56. The number of rotatable bonds is 8. The van der Waals surface area contributed by atoms with Crippen molar-refractivity contribution in [3.63, 3.8) is 0 Å². The molecular formula is C17H19NO5S. The van der Waals surface area contributed by atoms with Crippen LogP contribution in [-0.4, -0.2) is 32.1 Å². The summed E-state index contributed by atoms with van der Waals surface area (Å²) >= 11 is 0. The van der Waals surface area contributed by atoms with E-state index >= 15 is 0 Å². The highest BCUT2D eigenvalue weighted by molar-refractivity contribution is 7.89. The van der Waals surface area contributed by atoms with Crippen molar-refractivity contribution < 1.29 is 23.1 Å². The van der Waals surface area contributed by atoms with E-state index < -0.39 is 22.6 Å². The van der Waals surface area contributed by atoms with Crippen molar-refractivity contribution in [3.8, 4) is 5.75 Å². The summed E-state index contributed by atoms with van der Waals surface area (Å²) in [5.74, 6) is -0.582. The second-order valence-corrected chi connectivity index (χ2v) is 7.08. The normalized spacial score (nSPS) is 12.5. The molecule has 128 valence electrons. The summed E-state index contributed by atoms with van der Waals surface area (Å²) in [6.07, 6.45) is 0.505. The Hall–Kier alpha value is -2.38. The van der Waals surface area contributed by atoms with Gasteiger partial charge in [0.25, 0.3) is 0 Å². The molecule has 2 aromatic carbocycles. The van der Waals surface area contributed by atoms with Crippen LogP contribution in [0.2, 0.25) is 0 Å². The van der Waals surface area contributed by atoms with Gasteiger partial charge in [0.1, 0.15) is 5.75 Å². The summed E-state index contributed by atoms with van der Waals surface area (Å²) in [6, 6.07) is 14.8. The molecule has 0 heterocycles. The van der Waals surface area contributed by atoms with E-state index in [-0.39, 0.29) is 10.9 Å². The largest absolute Gasteiger partial charge is 0.482 e. The Labute approximate surface area is 141 Å². The first-order valence-electron chi connectivity index (χ1n) is 7.38. The Bertz CT molecular complexity index is 772. The molecule has 7 heteroatoms. The average molecular weight is 349 g/mol. The smallest absolute Gasteiger partial charge is 0.341 e. The number of hydrogen-bond acceptors (Lipinski definition) is 4. The molecule has 0 saturated heterocycles. The van der Waals surface area contributed by atoms with Crippen LogP contribution in [0.1, 0.15) is 12.5 Å². The zero-order chi connectivity index (χ0) is 17.6.